The highest BCUT2D eigenvalue weighted by molar-refractivity contribution is 6.25. The van der Waals surface area contributed by atoms with E-state index in [0.717, 1.165) is 11.3 Å². The molecule has 242 valence electrons. The van der Waals surface area contributed by atoms with Crippen molar-refractivity contribution in [2.45, 2.75) is 25.7 Å². The summed E-state index contributed by atoms with van der Waals surface area (Å²) in [7, 11) is 5.40. The maximum absolute atomic E-state index is 14.3. The molecule has 4 atom stereocenters. The van der Waals surface area contributed by atoms with Gasteiger partial charge in [0.25, 0.3) is 0 Å². The molecule has 1 heterocycles. The Morgan fingerprint density at radius 2 is 1.54 bits per heavy atom. The predicted molar refractivity (Wildman–Crippen MR) is 180 cm³/mol. The number of carbonyl (C=O) groups excluding carboxylic acids is 4. The Morgan fingerprint density at radius 1 is 0.875 bits per heavy atom. The molecule has 1 saturated heterocycles. The van der Waals surface area contributed by atoms with Crippen LogP contribution >= 0.6 is 0 Å². The van der Waals surface area contributed by atoms with E-state index in [2.05, 4.69) is 10.2 Å². The summed E-state index contributed by atoms with van der Waals surface area (Å²) in [6, 6.07) is 19.1. The van der Waals surface area contributed by atoms with E-state index in [0.29, 0.717) is 51.5 Å². The van der Waals surface area contributed by atoms with Gasteiger partial charge in [-0.1, -0.05) is 17.7 Å². The van der Waals surface area contributed by atoms with Gasteiger partial charge in [0.05, 0.1) is 36.0 Å². The largest absolute Gasteiger partial charge is 0.508 e. The van der Waals surface area contributed by atoms with Crippen molar-refractivity contribution in [3.63, 3.8) is 0 Å². The number of hydrogen-bond donors (Lipinski definition) is 1. The van der Waals surface area contributed by atoms with Crippen molar-refractivity contribution in [3.8, 4) is 11.5 Å². The van der Waals surface area contributed by atoms with Gasteiger partial charge in [-0.15, -0.1) is 0 Å². The smallest absolute Gasteiger partial charge is 0.238 e. The number of aromatic hydroxyl groups is 1. The van der Waals surface area contributed by atoms with Crippen LogP contribution in [0.25, 0.3) is 0 Å². The quantitative estimate of drug-likeness (QED) is 0.140. The molecule has 7 rings (SSSR count). The topological polar surface area (TPSA) is 129 Å². The summed E-state index contributed by atoms with van der Waals surface area (Å²) < 4.78 is 5.62. The summed E-state index contributed by atoms with van der Waals surface area (Å²) in [4.78, 5) is 58.5. The molecule has 0 spiro atoms. The van der Waals surface area contributed by atoms with E-state index in [9.17, 15) is 24.3 Å². The second kappa shape index (κ2) is 11.9. The summed E-state index contributed by atoms with van der Waals surface area (Å²) in [6.45, 7) is 1.62. The third kappa shape index (κ3) is 5.04. The van der Waals surface area contributed by atoms with Gasteiger partial charge in [-0.3, -0.25) is 24.1 Å². The van der Waals surface area contributed by atoms with Crippen molar-refractivity contribution in [3.05, 3.63) is 107 Å². The zero-order valence-corrected chi connectivity index (χ0v) is 27.0. The molecule has 1 aliphatic heterocycles. The second-order valence-corrected chi connectivity index (χ2v) is 12.8. The highest BCUT2D eigenvalue weighted by Gasteiger charge is 2.56. The maximum Gasteiger partial charge on any atom is 0.238 e. The molecule has 0 radical (unpaired) electrons. The number of ketones is 2. The molecule has 1 N–H and O–H groups in total. The number of benzene rings is 3. The number of carbonyl (C=O) groups is 4. The Bertz CT molecular complexity index is 2010. The number of nitrogens with zero attached hydrogens (tertiary/aromatic N) is 4. The van der Waals surface area contributed by atoms with Gasteiger partial charge in [0.1, 0.15) is 11.5 Å². The molecule has 48 heavy (non-hydrogen) atoms. The molecule has 3 aromatic carbocycles. The lowest BCUT2D eigenvalue weighted by molar-refractivity contribution is -0.123. The van der Waals surface area contributed by atoms with Gasteiger partial charge >= 0.3 is 0 Å². The number of anilines is 2. The number of phenolic OH excluding ortho intramolecular Hbond substituents is 1. The Labute approximate surface area is 277 Å². The standard InChI is InChI=1S/C38H34N4O6/c1-20-17-31(44)35-30(36(20)45)19-29-26(33(35)27-14-13-25(43)18-32(27)48-4)15-16-28-34(29)38(47)42(37(28)46)24-11-7-22(8-12-24)40-39-21-5-9-23(10-6-21)41(2)3/h5-15,17-18,28-29,33-34,43H,16,19H2,1-4H3. The van der Waals surface area contributed by atoms with E-state index in [-0.39, 0.29) is 35.6 Å². The van der Waals surface area contributed by atoms with Crippen molar-refractivity contribution in [2.24, 2.45) is 28.0 Å². The van der Waals surface area contributed by atoms with E-state index in [1.54, 1.807) is 37.3 Å². The number of methoxy groups -OCH3 is 1. The molecule has 10 heteroatoms. The molecule has 4 aliphatic rings. The molecule has 0 aromatic heterocycles. The summed E-state index contributed by atoms with van der Waals surface area (Å²) in [5.74, 6) is -3.24. The van der Waals surface area contributed by atoms with Crippen LogP contribution in [-0.2, 0) is 19.2 Å². The minimum atomic E-state index is -0.712. The maximum atomic E-state index is 14.3. The van der Waals surface area contributed by atoms with E-state index >= 15 is 0 Å². The van der Waals surface area contributed by atoms with Gasteiger partial charge in [0.15, 0.2) is 11.6 Å². The summed E-state index contributed by atoms with van der Waals surface area (Å²) in [5, 5.41) is 18.8. The number of fused-ring (bicyclic) bond motifs is 3. The molecule has 1 fully saturated rings. The van der Waals surface area contributed by atoms with Crippen LogP contribution in [0.3, 0.4) is 0 Å². The van der Waals surface area contributed by atoms with Crippen molar-refractivity contribution < 1.29 is 29.0 Å². The number of hydrogen-bond acceptors (Lipinski definition) is 9. The van der Waals surface area contributed by atoms with Crippen molar-refractivity contribution in [1.29, 1.82) is 0 Å². The average molecular weight is 643 g/mol. The minimum absolute atomic E-state index is 0.00463. The first-order chi connectivity index (χ1) is 23.1. The molecule has 2 amide bonds. The number of Topliss-reactive ketones (excluding diaryl/α,β-unsaturated/α-hetero) is 1. The van der Waals surface area contributed by atoms with Crippen molar-refractivity contribution in [1.82, 2.24) is 0 Å². The number of imide groups is 1. The zero-order chi connectivity index (χ0) is 33.9. The van der Waals surface area contributed by atoms with E-state index in [1.165, 1.54) is 30.2 Å². The fraction of sp³-hybridized carbons (Fsp3) is 0.263. The molecule has 0 saturated carbocycles. The van der Waals surface area contributed by atoms with Gasteiger partial charge in [-0.2, -0.15) is 10.2 Å². The summed E-state index contributed by atoms with van der Waals surface area (Å²) >= 11 is 0. The number of allylic oxidation sites excluding steroid dienone is 6. The molecular formula is C38H34N4O6. The monoisotopic (exact) mass is 642 g/mol. The van der Waals surface area contributed by atoms with Crippen LogP contribution in [0, 0.1) is 17.8 Å². The van der Waals surface area contributed by atoms with Crippen LogP contribution in [0.5, 0.6) is 11.5 Å². The van der Waals surface area contributed by atoms with Crippen LogP contribution < -0.4 is 14.5 Å². The van der Waals surface area contributed by atoms with Gasteiger partial charge in [0, 0.05) is 54.0 Å². The number of phenols is 1. The number of azo groups is 1. The van der Waals surface area contributed by atoms with Crippen LogP contribution in [0.1, 0.15) is 31.2 Å². The summed E-state index contributed by atoms with van der Waals surface area (Å²) in [5.41, 5.74) is 5.24. The molecule has 4 unspecified atom stereocenters. The number of ether oxygens (including phenoxy) is 1. The minimum Gasteiger partial charge on any atom is -0.508 e. The lowest BCUT2D eigenvalue weighted by Gasteiger charge is -2.42. The van der Waals surface area contributed by atoms with E-state index < -0.39 is 23.7 Å². The van der Waals surface area contributed by atoms with Crippen molar-refractivity contribution >= 4 is 46.1 Å². The first-order valence-corrected chi connectivity index (χ1v) is 15.8. The number of amides is 2. The Kier molecular flexibility index (Phi) is 7.66. The Morgan fingerprint density at radius 3 is 2.19 bits per heavy atom. The van der Waals surface area contributed by atoms with Gasteiger partial charge in [-0.25, -0.2) is 0 Å². The third-order valence-corrected chi connectivity index (χ3v) is 9.85. The molecule has 10 nitrogen and oxygen atoms in total. The van der Waals surface area contributed by atoms with Crippen LogP contribution in [0.15, 0.2) is 111 Å². The van der Waals surface area contributed by atoms with Gasteiger partial charge in [-0.05, 0) is 86.4 Å². The fourth-order valence-corrected chi connectivity index (χ4v) is 7.53. The second-order valence-electron chi connectivity index (χ2n) is 12.8. The SMILES string of the molecule is COc1cc(O)ccc1C1C2=CCC3C(=O)N(c4ccc(N=Nc5ccc(N(C)C)cc5)cc4)C(=O)C3C2CC2=C1C(=O)C=C(C)C2=O. The fourth-order valence-electron chi connectivity index (χ4n) is 7.53. The zero-order valence-electron chi connectivity index (χ0n) is 27.0. The van der Waals surface area contributed by atoms with Crippen LogP contribution in [-0.4, -0.2) is 49.7 Å². The highest BCUT2D eigenvalue weighted by Crippen LogP contribution is 2.56. The predicted octanol–water partition coefficient (Wildman–Crippen LogP) is 6.52. The normalized spacial score (nSPS) is 23.5. The molecule has 3 aromatic rings. The summed E-state index contributed by atoms with van der Waals surface area (Å²) in [6.07, 6.45) is 3.81. The van der Waals surface area contributed by atoms with Crippen molar-refractivity contribution in [2.75, 3.05) is 31.0 Å². The van der Waals surface area contributed by atoms with Gasteiger partial charge in [0.2, 0.25) is 11.8 Å². The molecule has 0 bridgehead atoms. The third-order valence-electron chi connectivity index (χ3n) is 9.85. The lowest BCUT2D eigenvalue weighted by Crippen LogP contribution is -2.39. The average Bonchev–Trinajstić information content (AvgIpc) is 3.34. The molecular weight excluding hydrogens is 608 g/mol. The first kappa shape index (κ1) is 31.0. The van der Waals surface area contributed by atoms with E-state index in [1.807, 2.05) is 49.3 Å². The first-order valence-electron chi connectivity index (χ1n) is 15.8. The lowest BCUT2D eigenvalue weighted by atomic mass is 9.59. The number of rotatable bonds is 6. The highest BCUT2D eigenvalue weighted by atomic mass is 16.5. The Hall–Kier alpha value is -5.64. The Balaban J connectivity index is 1.21. The van der Waals surface area contributed by atoms with E-state index in [4.69, 9.17) is 4.74 Å². The molecule has 3 aliphatic carbocycles. The van der Waals surface area contributed by atoms with Crippen LogP contribution in [0.4, 0.5) is 22.7 Å². The van der Waals surface area contributed by atoms with Crippen LogP contribution in [0.2, 0.25) is 0 Å². The van der Waals surface area contributed by atoms with Gasteiger partial charge < -0.3 is 14.7 Å².